The molecule has 0 aliphatic carbocycles. The van der Waals surface area contributed by atoms with Crippen molar-refractivity contribution in [1.29, 1.82) is 0 Å². The second kappa shape index (κ2) is 8.57. The molecule has 0 saturated carbocycles. The van der Waals surface area contributed by atoms with E-state index in [1.807, 2.05) is 60.9 Å². The molecule has 0 fully saturated rings. The highest BCUT2D eigenvalue weighted by atomic mass is 32.2. The number of amides is 1. The van der Waals surface area contributed by atoms with Crippen molar-refractivity contribution in [3.8, 4) is 22.9 Å². The normalized spacial score (nSPS) is 13.7. The van der Waals surface area contributed by atoms with Gasteiger partial charge >= 0.3 is 0 Å². The number of nitrogens with one attached hydrogen (secondary N) is 1. The molecule has 0 unspecified atom stereocenters. The molecule has 1 amide bonds. The van der Waals surface area contributed by atoms with Crippen molar-refractivity contribution in [2.75, 3.05) is 18.5 Å². The molecule has 1 aromatic heterocycles. The highest BCUT2D eigenvalue weighted by Crippen LogP contribution is 2.33. The van der Waals surface area contributed by atoms with Crippen molar-refractivity contribution in [3.05, 3.63) is 48.5 Å². The van der Waals surface area contributed by atoms with Gasteiger partial charge in [0.1, 0.15) is 13.2 Å². The van der Waals surface area contributed by atoms with Gasteiger partial charge < -0.3 is 19.4 Å². The van der Waals surface area contributed by atoms with E-state index >= 15 is 0 Å². The van der Waals surface area contributed by atoms with Gasteiger partial charge in [-0.05, 0) is 26.0 Å². The van der Waals surface area contributed by atoms with Gasteiger partial charge in [-0.15, -0.1) is 10.2 Å². The second-order valence-corrected chi connectivity index (χ2v) is 7.83. The molecule has 29 heavy (non-hydrogen) atoms. The predicted molar refractivity (Wildman–Crippen MR) is 113 cm³/mol. The van der Waals surface area contributed by atoms with Crippen LogP contribution in [0, 0.1) is 0 Å². The van der Waals surface area contributed by atoms with Gasteiger partial charge in [-0.1, -0.05) is 42.1 Å². The van der Waals surface area contributed by atoms with E-state index in [0.29, 0.717) is 30.4 Å². The minimum atomic E-state index is -0.346. The Balaban J connectivity index is 1.46. The van der Waals surface area contributed by atoms with E-state index in [1.165, 1.54) is 11.8 Å². The largest absolute Gasteiger partial charge is 0.486 e. The van der Waals surface area contributed by atoms with E-state index in [2.05, 4.69) is 15.5 Å². The molecular weight excluding hydrogens is 388 g/mol. The molecule has 150 valence electrons. The Morgan fingerprint density at radius 3 is 2.66 bits per heavy atom. The fourth-order valence-corrected chi connectivity index (χ4v) is 3.95. The lowest BCUT2D eigenvalue weighted by Crippen LogP contribution is -2.23. The first-order valence-corrected chi connectivity index (χ1v) is 10.4. The monoisotopic (exact) mass is 410 g/mol. The number of ether oxygens (including phenoxy) is 2. The van der Waals surface area contributed by atoms with E-state index in [9.17, 15) is 4.79 Å². The quantitative estimate of drug-likeness (QED) is 0.622. The molecule has 4 rings (SSSR count). The Morgan fingerprint density at radius 2 is 1.90 bits per heavy atom. The number of anilines is 1. The number of thioether (sulfide) groups is 1. The highest BCUT2D eigenvalue weighted by molar-refractivity contribution is 8.00. The van der Waals surface area contributed by atoms with E-state index in [0.717, 1.165) is 23.1 Å². The lowest BCUT2D eigenvalue weighted by molar-refractivity contribution is -0.115. The Labute approximate surface area is 173 Å². The van der Waals surface area contributed by atoms with Gasteiger partial charge in [-0.3, -0.25) is 4.79 Å². The molecule has 0 radical (unpaired) electrons. The Hall–Kier alpha value is -3.00. The molecular formula is C21H22N4O3S. The number of carbonyl (C=O) groups is 1. The van der Waals surface area contributed by atoms with Gasteiger partial charge in [0.2, 0.25) is 5.91 Å². The molecule has 3 aromatic rings. The Morgan fingerprint density at radius 1 is 1.14 bits per heavy atom. The SMILES string of the molecule is CCn1c(S[C@@H](C)C(=O)Nc2ccc3c(c2)OCCO3)nnc1-c1ccccc1. The number of fused-ring (bicyclic) bond motifs is 1. The summed E-state index contributed by atoms with van der Waals surface area (Å²) in [4.78, 5) is 12.7. The molecule has 8 heteroatoms. The van der Waals surface area contributed by atoms with Gasteiger partial charge in [-0.25, -0.2) is 0 Å². The van der Waals surface area contributed by atoms with Crippen LogP contribution in [-0.4, -0.2) is 39.1 Å². The third-order valence-corrected chi connectivity index (χ3v) is 5.61. The summed E-state index contributed by atoms with van der Waals surface area (Å²) in [6.07, 6.45) is 0. The van der Waals surface area contributed by atoms with Crippen LogP contribution in [-0.2, 0) is 11.3 Å². The summed E-state index contributed by atoms with van der Waals surface area (Å²) in [7, 11) is 0. The summed E-state index contributed by atoms with van der Waals surface area (Å²) in [5, 5.41) is 11.9. The highest BCUT2D eigenvalue weighted by Gasteiger charge is 2.21. The summed E-state index contributed by atoms with van der Waals surface area (Å²) < 4.78 is 13.1. The van der Waals surface area contributed by atoms with Crippen molar-refractivity contribution >= 4 is 23.4 Å². The number of benzene rings is 2. The molecule has 1 atom stereocenters. The Kier molecular flexibility index (Phi) is 5.71. The lowest BCUT2D eigenvalue weighted by atomic mass is 10.2. The number of hydrogen-bond acceptors (Lipinski definition) is 6. The zero-order valence-electron chi connectivity index (χ0n) is 16.3. The third kappa shape index (κ3) is 4.22. The van der Waals surface area contributed by atoms with Gasteiger partial charge in [0.25, 0.3) is 0 Å². The van der Waals surface area contributed by atoms with Crippen molar-refractivity contribution in [2.24, 2.45) is 0 Å². The van der Waals surface area contributed by atoms with Crippen LogP contribution >= 0.6 is 11.8 Å². The zero-order valence-corrected chi connectivity index (χ0v) is 17.1. The molecule has 1 aliphatic rings. The van der Waals surface area contributed by atoms with Crippen LogP contribution in [0.2, 0.25) is 0 Å². The van der Waals surface area contributed by atoms with E-state index in [4.69, 9.17) is 9.47 Å². The van der Waals surface area contributed by atoms with Crippen LogP contribution in [0.3, 0.4) is 0 Å². The van der Waals surface area contributed by atoms with Gasteiger partial charge in [0.15, 0.2) is 22.5 Å². The van der Waals surface area contributed by atoms with E-state index in [1.54, 1.807) is 6.07 Å². The minimum absolute atomic E-state index is 0.112. The fourth-order valence-electron chi connectivity index (χ4n) is 3.04. The maximum absolute atomic E-state index is 12.7. The molecule has 0 bridgehead atoms. The number of hydrogen-bond donors (Lipinski definition) is 1. The number of rotatable bonds is 6. The molecule has 0 saturated heterocycles. The van der Waals surface area contributed by atoms with Crippen molar-refractivity contribution < 1.29 is 14.3 Å². The minimum Gasteiger partial charge on any atom is -0.486 e. The van der Waals surface area contributed by atoms with Crippen LogP contribution in [0.1, 0.15) is 13.8 Å². The fraction of sp³-hybridized carbons (Fsp3) is 0.286. The van der Waals surface area contributed by atoms with Gasteiger partial charge in [0.05, 0.1) is 5.25 Å². The van der Waals surface area contributed by atoms with Gasteiger partial charge in [0, 0.05) is 23.9 Å². The summed E-state index contributed by atoms with van der Waals surface area (Å²) in [5.41, 5.74) is 1.68. The number of aromatic nitrogens is 3. The van der Waals surface area contributed by atoms with Crippen LogP contribution in [0.25, 0.3) is 11.4 Å². The summed E-state index contributed by atoms with van der Waals surface area (Å²) in [6.45, 7) is 5.66. The standard InChI is InChI=1S/C21H22N4O3S/c1-3-25-19(15-7-5-4-6-8-15)23-24-21(25)29-14(2)20(26)22-16-9-10-17-18(13-16)28-12-11-27-17/h4-10,13-14H,3,11-12H2,1-2H3,(H,22,26)/t14-/m0/s1. The summed E-state index contributed by atoms with van der Waals surface area (Å²) >= 11 is 1.39. The molecule has 2 heterocycles. The van der Waals surface area contributed by atoms with Crippen LogP contribution in [0.4, 0.5) is 5.69 Å². The lowest BCUT2D eigenvalue weighted by Gasteiger charge is -2.19. The smallest absolute Gasteiger partial charge is 0.237 e. The third-order valence-electron chi connectivity index (χ3n) is 4.53. The molecule has 7 nitrogen and oxygen atoms in total. The van der Waals surface area contributed by atoms with E-state index < -0.39 is 0 Å². The van der Waals surface area contributed by atoms with Crippen molar-refractivity contribution in [1.82, 2.24) is 14.8 Å². The van der Waals surface area contributed by atoms with Crippen LogP contribution in [0.5, 0.6) is 11.5 Å². The molecule has 1 aliphatic heterocycles. The zero-order chi connectivity index (χ0) is 20.2. The topological polar surface area (TPSA) is 78.3 Å². The number of nitrogens with zero attached hydrogens (tertiary/aromatic N) is 3. The maximum Gasteiger partial charge on any atom is 0.237 e. The first-order valence-electron chi connectivity index (χ1n) is 9.51. The van der Waals surface area contributed by atoms with E-state index in [-0.39, 0.29) is 11.2 Å². The van der Waals surface area contributed by atoms with Crippen molar-refractivity contribution in [2.45, 2.75) is 30.8 Å². The first-order chi connectivity index (χ1) is 14.2. The average Bonchev–Trinajstić information content (AvgIpc) is 3.16. The number of carbonyl (C=O) groups excluding carboxylic acids is 1. The van der Waals surface area contributed by atoms with Crippen LogP contribution < -0.4 is 14.8 Å². The van der Waals surface area contributed by atoms with Crippen molar-refractivity contribution in [3.63, 3.8) is 0 Å². The first kappa shape index (κ1) is 19.3. The molecule has 2 aromatic carbocycles. The molecule has 1 N–H and O–H groups in total. The second-order valence-electron chi connectivity index (χ2n) is 6.52. The van der Waals surface area contributed by atoms with Crippen LogP contribution in [0.15, 0.2) is 53.7 Å². The van der Waals surface area contributed by atoms with Gasteiger partial charge in [-0.2, -0.15) is 0 Å². The average molecular weight is 410 g/mol. The maximum atomic E-state index is 12.7. The summed E-state index contributed by atoms with van der Waals surface area (Å²) in [6, 6.07) is 15.3. The Bertz CT molecular complexity index is 1010. The summed E-state index contributed by atoms with van der Waals surface area (Å²) in [5.74, 6) is 2.03. The predicted octanol–water partition coefficient (Wildman–Crippen LogP) is 3.86. The molecule has 0 spiro atoms.